The number of hydrogen-bond donors (Lipinski definition) is 0. The first-order chi connectivity index (χ1) is 41.2. The van der Waals surface area contributed by atoms with Gasteiger partial charge in [0, 0.05) is 38.5 Å². The molecule has 2 aliphatic carbocycles. The molecule has 0 aliphatic heterocycles. The number of fused-ring (bicyclic) bond motifs is 12. The number of nitrogens with zero attached hydrogens (tertiary/aromatic N) is 1. The van der Waals surface area contributed by atoms with Crippen LogP contribution < -0.4 is 4.90 Å². The molecule has 3 nitrogen and oxygen atoms in total. The molecule has 0 bridgehead atoms. The van der Waals surface area contributed by atoms with Crippen LogP contribution in [0.15, 0.2) is 318 Å². The van der Waals surface area contributed by atoms with Gasteiger partial charge in [-0.05, 0) is 132 Å². The normalized spacial score (nSPS) is 13.5. The molecule has 2 heterocycles. The summed E-state index contributed by atoms with van der Waals surface area (Å²) in [6.45, 7) is 0. The maximum absolute atomic E-state index is 7.75. The third kappa shape index (κ3) is 6.80. The van der Waals surface area contributed by atoms with Crippen molar-refractivity contribution in [2.45, 2.75) is 10.8 Å². The van der Waals surface area contributed by atoms with Crippen molar-refractivity contribution >= 4 is 60.9 Å². The largest absolute Gasteiger partial charge is 0.456 e. The SMILES string of the molecule is c1ccc(-c2ccc(N(c3ccc4c(c3)C(c3ccccc3)(c3ccccc3)c3ccccc3-4)c3cccc4c3oc3c(-c5ccc6c(c5)C(c5ccccc5)(c5ccccc5)c5ccccc5-6)c5c(cc34)oc3ccccc35)cc2)cc1. The maximum atomic E-state index is 7.75. The highest BCUT2D eigenvalue weighted by molar-refractivity contribution is 6.24. The van der Waals surface area contributed by atoms with Gasteiger partial charge in [0.25, 0.3) is 0 Å². The second kappa shape index (κ2) is 18.4. The molecule has 2 aliphatic rings. The van der Waals surface area contributed by atoms with Crippen LogP contribution in [0.2, 0.25) is 0 Å². The zero-order chi connectivity index (χ0) is 54.6. The van der Waals surface area contributed by atoms with Gasteiger partial charge in [-0.15, -0.1) is 0 Å². The highest BCUT2D eigenvalue weighted by Crippen LogP contribution is 2.60. The van der Waals surface area contributed by atoms with Crippen LogP contribution in [-0.4, -0.2) is 0 Å². The van der Waals surface area contributed by atoms with E-state index in [0.717, 1.165) is 77.6 Å². The van der Waals surface area contributed by atoms with Crippen LogP contribution in [-0.2, 0) is 10.8 Å². The Morgan fingerprint density at radius 1 is 0.265 bits per heavy atom. The van der Waals surface area contributed by atoms with Gasteiger partial charge in [-0.25, -0.2) is 0 Å². The minimum Gasteiger partial charge on any atom is -0.456 e. The summed E-state index contributed by atoms with van der Waals surface area (Å²) in [4.78, 5) is 2.41. The van der Waals surface area contributed by atoms with Crippen molar-refractivity contribution in [1.29, 1.82) is 0 Å². The highest BCUT2D eigenvalue weighted by atomic mass is 16.3. The molecule has 0 saturated carbocycles. The monoisotopic (exact) mass is 1060 g/mol. The summed E-state index contributed by atoms with van der Waals surface area (Å²) in [5.74, 6) is 0. The van der Waals surface area contributed by atoms with Gasteiger partial charge in [0.05, 0.1) is 16.5 Å². The molecule has 0 saturated heterocycles. The first kappa shape index (κ1) is 47.1. The third-order valence-corrected chi connectivity index (χ3v) is 18.0. The molecule has 17 rings (SSSR count). The molecule has 388 valence electrons. The number of furan rings is 2. The van der Waals surface area contributed by atoms with Gasteiger partial charge >= 0.3 is 0 Å². The van der Waals surface area contributed by atoms with Crippen LogP contribution in [0.5, 0.6) is 0 Å². The molecule has 0 N–H and O–H groups in total. The third-order valence-electron chi connectivity index (χ3n) is 18.0. The van der Waals surface area contributed by atoms with Crippen molar-refractivity contribution in [2.24, 2.45) is 0 Å². The number of para-hydroxylation sites is 2. The predicted octanol–water partition coefficient (Wildman–Crippen LogP) is 21.0. The Morgan fingerprint density at radius 2 is 0.723 bits per heavy atom. The zero-order valence-electron chi connectivity index (χ0n) is 45.2. The highest BCUT2D eigenvalue weighted by Gasteiger charge is 2.48. The molecular formula is C80H51NO2. The first-order valence-electron chi connectivity index (χ1n) is 28.6. The molecule has 0 atom stereocenters. The number of anilines is 3. The van der Waals surface area contributed by atoms with Crippen molar-refractivity contribution < 1.29 is 8.83 Å². The molecule has 0 fully saturated rings. The molecule has 0 amide bonds. The minimum absolute atomic E-state index is 0.594. The Balaban J connectivity index is 0.937. The summed E-state index contributed by atoms with van der Waals surface area (Å²) < 4.78 is 14.7. The average molecular weight is 1060 g/mol. The van der Waals surface area contributed by atoms with Crippen LogP contribution >= 0.6 is 0 Å². The molecule has 15 aromatic rings. The van der Waals surface area contributed by atoms with Crippen molar-refractivity contribution in [3.8, 4) is 44.5 Å². The Bertz CT molecular complexity index is 4920. The fraction of sp³-hybridized carbons (Fsp3) is 0.0250. The van der Waals surface area contributed by atoms with Crippen LogP contribution in [0, 0.1) is 0 Å². The molecular weight excluding hydrogens is 1010 g/mol. The van der Waals surface area contributed by atoms with Gasteiger partial charge in [0.1, 0.15) is 16.7 Å². The van der Waals surface area contributed by atoms with Gasteiger partial charge in [0.15, 0.2) is 5.58 Å². The molecule has 3 heteroatoms. The van der Waals surface area contributed by atoms with E-state index in [4.69, 9.17) is 8.83 Å². The van der Waals surface area contributed by atoms with E-state index in [-0.39, 0.29) is 0 Å². The Labute approximate surface area is 481 Å². The van der Waals surface area contributed by atoms with E-state index in [2.05, 4.69) is 314 Å². The van der Waals surface area contributed by atoms with E-state index in [1.165, 1.54) is 72.3 Å². The van der Waals surface area contributed by atoms with Crippen molar-refractivity contribution in [3.05, 3.63) is 354 Å². The second-order valence-corrected chi connectivity index (χ2v) is 22.1. The molecule has 0 unspecified atom stereocenters. The van der Waals surface area contributed by atoms with E-state index in [0.29, 0.717) is 0 Å². The Morgan fingerprint density at radius 3 is 1.33 bits per heavy atom. The van der Waals surface area contributed by atoms with Crippen LogP contribution in [0.1, 0.15) is 44.5 Å². The lowest BCUT2D eigenvalue weighted by Crippen LogP contribution is -2.28. The average Bonchev–Trinajstić information content (AvgIpc) is 2.08. The summed E-state index contributed by atoms with van der Waals surface area (Å²) in [5, 5.41) is 4.06. The predicted molar refractivity (Wildman–Crippen MR) is 341 cm³/mol. The zero-order valence-corrected chi connectivity index (χ0v) is 45.2. The maximum Gasteiger partial charge on any atom is 0.159 e. The topological polar surface area (TPSA) is 29.5 Å². The summed E-state index contributed by atoms with van der Waals surface area (Å²) >= 11 is 0. The second-order valence-electron chi connectivity index (χ2n) is 22.1. The van der Waals surface area contributed by atoms with E-state index in [9.17, 15) is 0 Å². The van der Waals surface area contributed by atoms with Gasteiger partial charge < -0.3 is 13.7 Å². The van der Waals surface area contributed by atoms with Crippen molar-refractivity contribution in [1.82, 2.24) is 0 Å². The van der Waals surface area contributed by atoms with Crippen LogP contribution in [0.25, 0.3) is 88.4 Å². The minimum atomic E-state index is -0.597. The van der Waals surface area contributed by atoms with Crippen molar-refractivity contribution in [2.75, 3.05) is 4.90 Å². The van der Waals surface area contributed by atoms with Gasteiger partial charge in [-0.3, -0.25) is 0 Å². The summed E-state index contributed by atoms with van der Waals surface area (Å²) in [6, 6.07) is 113. The molecule has 0 spiro atoms. The van der Waals surface area contributed by atoms with E-state index < -0.39 is 10.8 Å². The standard InChI is InChI=1S/C80H51NO2/c1-6-23-52(24-7-1)53-41-44-59(45-42-53)81(60-46-48-64-62-34-17-20-38-69(62)80(71(64)50-60,57-29-12-4-13-30-57)58-31-14-5-15-32-58)72-39-22-36-65-67-51-74-76(66-35-18-21-40-73(66)82-74)75(78(67)83-77(65)72)54-43-47-63-61-33-16-19-37-68(61)79(70(63)49-54,55-25-8-2-9-26-55)56-27-10-3-11-28-56/h1-51H. The smallest absolute Gasteiger partial charge is 0.159 e. The van der Waals surface area contributed by atoms with Gasteiger partial charge in [0.2, 0.25) is 0 Å². The molecule has 2 aromatic heterocycles. The fourth-order valence-corrected chi connectivity index (χ4v) is 14.6. The summed E-state index contributed by atoms with van der Waals surface area (Å²) in [5.41, 5.74) is 24.2. The molecule has 0 radical (unpaired) electrons. The fourth-order valence-electron chi connectivity index (χ4n) is 14.6. The number of hydrogen-bond acceptors (Lipinski definition) is 3. The Hall–Kier alpha value is -10.7. The first-order valence-corrected chi connectivity index (χ1v) is 28.6. The lowest BCUT2D eigenvalue weighted by atomic mass is 9.67. The van der Waals surface area contributed by atoms with Crippen LogP contribution in [0.4, 0.5) is 17.1 Å². The van der Waals surface area contributed by atoms with E-state index in [1.807, 2.05) is 0 Å². The number of benzene rings is 13. The summed E-state index contributed by atoms with van der Waals surface area (Å²) in [6.07, 6.45) is 0. The quantitative estimate of drug-likeness (QED) is 0.144. The van der Waals surface area contributed by atoms with E-state index >= 15 is 0 Å². The summed E-state index contributed by atoms with van der Waals surface area (Å²) in [7, 11) is 0. The van der Waals surface area contributed by atoms with Gasteiger partial charge in [-0.2, -0.15) is 0 Å². The Kier molecular flexibility index (Phi) is 10.4. The molecule has 83 heavy (non-hydrogen) atoms. The van der Waals surface area contributed by atoms with E-state index in [1.54, 1.807) is 0 Å². The number of rotatable bonds is 9. The van der Waals surface area contributed by atoms with Gasteiger partial charge in [-0.1, -0.05) is 261 Å². The van der Waals surface area contributed by atoms with Crippen LogP contribution in [0.3, 0.4) is 0 Å². The lowest BCUT2D eigenvalue weighted by molar-refractivity contribution is 0.664. The molecule has 13 aromatic carbocycles. The lowest BCUT2D eigenvalue weighted by Gasteiger charge is -2.35. The van der Waals surface area contributed by atoms with Crippen molar-refractivity contribution in [3.63, 3.8) is 0 Å².